The molecule has 6 aromatic heterocycles. The number of nitrogens with zero attached hydrogens (tertiary/aromatic N) is 12. The number of nitrogens with one attached hydrogen (secondary N) is 4. The molecule has 4 N–H and O–H groups in total. The highest BCUT2D eigenvalue weighted by molar-refractivity contribution is 6.06. The van der Waals surface area contributed by atoms with Crippen LogP contribution in [0.15, 0.2) is 283 Å². The Morgan fingerprint density at radius 1 is 0.158 bits per heavy atom. The molecule has 14 aromatic rings. The fourth-order valence-corrected chi connectivity index (χ4v) is 16.9. The Bertz CT molecular complexity index is 6040. The molecule has 0 atom stereocenters. The van der Waals surface area contributed by atoms with E-state index in [2.05, 4.69) is 311 Å². The first kappa shape index (κ1) is 72.1. The zero-order valence-electron chi connectivity index (χ0n) is 65.4. The van der Waals surface area contributed by atoms with E-state index in [1.54, 1.807) is 0 Å². The number of hydrogen-bond donors (Lipinski definition) is 4. The van der Waals surface area contributed by atoms with Gasteiger partial charge in [-0.15, -0.1) is 0 Å². The molecule has 0 saturated heterocycles. The Hall–Kier alpha value is -15.7. The molecule has 0 fully saturated rings. The van der Waals surface area contributed by atoms with Crippen molar-refractivity contribution in [2.24, 2.45) is 39.9 Å². The zero-order valence-corrected chi connectivity index (χ0v) is 65.4. The summed E-state index contributed by atoms with van der Waals surface area (Å²) in [5.74, 6) is 0. The van der Waals surface area contributed by atoms with Crippen molar-refractivity contribution >= 4 is 142 Å². The van der Waals surface area contributed by atoms with Crippen molar-refractivity contribution in [3.05, 3.63) is 333 Å². The first-order valence-electron chi connectivity index (χ1n) is 40.6. The molecule has 16 nitrogen and oxygen atoms in total. The average Bonchev–Trinajstić information content (AvgIpc) is 1.61. The van der Waals surface area contributed by atoms with Gasteiger partial charge in [-0.1, -0.05) is 146 Å². The highest BCUT2D eigenvalue weighted by Crippen LogP contribution is 2.43. The maximum absolute atomic E-state index is 5.73. The number of aromatic nitrogens is 8. The molecule has 40 bridgehead atoms. The first-order chi connectivity index (χ1) is 59.4. The SMILES string of the molecule is C1=Cc2nc1c1c3ccc([nH]3)c3c4nc(c5c6ccc([nH]6)c2-c2cccc(c2)C=NCCN=Cc2cccc(c2)-c2c6nc(c(c7ccc([nH]7)c(c7nc(c(c8ccc2[nH]8)-c2cccc(c2)C=NCCN=Cc2cccc-5c2)C=C7)-c2cccc(c2)C=NCCN=Cc2cccc-3c2)-c2cccc(c2)C=NCCN=Cc2cccc-1c2)C=C6)C=C4. The van der Waals surface area contributed by atoms with Crippen molar-refractivity contribution in [3.8, 4) is 89.0 Å². The second kappa shape index (κ2) is 31.8. The summed E-state index contributed by atoms with van der Waals surface area (Å²) in [5.41, 5.74) is 35.5. The summed E-state index contributed by atoms with van der Waals surface area (Å²) in [7, 11) is 0. The zero-order chi connectivity index (χ0) is 79.7. The largest absolute Gasteiger partial charge is 0.354 e. The molecule has 0 unspecified atom stereocenters. The van der Waals surface area contributed by atoms with E-state index in [0.717, 1.165) is 223 Å². The molecule has 0 radical (unpaired) electrons. The number of aliphatic imine (C=N–C) groups is 8. The van der Waals surface area contributed by atoms with Gasteiger partial charge in [0.05, 0.1) is 97.9 Å². The van der Waals surface area contributed by atoms with E-state index in [9.17, 15) is 0 Å². The minimum absolute atomic E-state index is 0.455. The lowest BCUT2D eigenvalue weighted by atomic mass is 10.0. The Morgan fingerprint density at radius 2 is 0.292 bits per heavy atom. The highest BCUT2D eigenvalue weighted by Gasteiger charge is 2.24. The number of H-pyrrole nitrogens is 4. The summed E-state index contributed by atoms with van der Waals surface area (Å²) < 4.78 is 0. The lowest BCUT2D eigenvalue weighted by molar-refractivity contribution is 0.985. The van der Waals surface area contributed by atoms with Crippen LogP contribution in [0.1, 0.15) is 90.1 Å². The fraction of sp³-hybridized carbons (Fsp3) is 0.0769. The summed E-state index contributed by atoms with van der Waals surface area (Å²) >= 11 is 0. The predicted molar refractivity (Wildman–Crippen MR) is 501 cm³/mol. The van der Waals surface area contributed by atoms with Crippen LogP contribution >= 0.6 is 0 Å². The Morgan fingerprint density at radius 3 is 0.425 bits per heavy atom. The Labute approximate surface area is 692 Å². The Balaban J connectivity index is 0.857. The van der Waals surface area contributed by atoms with Gasteiger partial charge in [-0.25, -0.2) is 19.9 Å². The topological polar surface area (TPSA) is 214 Å². The second-order valence-electron chi connectivity index (χ2n) is 30.3. The quantitative estimate of drug-likeness (QED) is 0.117. The minimum atomic E-state index is 0.455. The van der Waals surface area contributed by atoms with Gasteiger partial charge in [-0.2, -0.15) is 0 Å². The van der Waals surface area contributed by atoms with Crippen LogP contribution in [0, 0.1) is 0 Å². The smallest absolute Gasteiger partial charge is 0.0737 e. The molecule has 0 amide bonds. The predicted octanol–water partition coefficient (Wildman–Crippen LogP) is 22.1. The minimum Gasteiger partial charge on any atom is -0.354 e. The van der Waals surface area contributed by atoms with Crippen molar-refractivity contribution in [3.63, 3.8) is 0 Å². The number of fused-ring (bicyclic) bond motifs is 12. The van der Waals surface area contributed by atoms with Crippen LogP contribution in [0.2, 0.25) is 0 Å². The van der Waals surface area contributed by atoms with E-state index in [4.69, 9.17) is 59.9 Å². The third-order valence-electron chi connectivity index (χ3n) is 22.3. The summed E-state index contributed by atoms with van der Waals surface area (Å²) in [4.78, 5) is 79.2. The lowest BCUT2D eigenvalue weighted by Crippen LogP contribution is -1.94. The van der Waals surface area contributed by atoms with Crippen LogP contribution in [0.25, 0.3) is 182 Å². The first-order valence-corrected chi connectivity index (χ1v) is 40.6. The van der Waals surface area contributed by atoms with Crippen molar-refractivity contribution in [2.45, 2.75) is 0 Å². The number of aromatic amines is 4. The van der Waals surface area contributed by atoms with Crippen molar-refractivity contribution in [2.75, 3.05) is 52.4 Å². The maximum atomic E-state index is 5.73. The summed E-state index contributed by atoms with van der Waals surface area (Å²) in [6.07, 6.45) is 32.7. The van der Waals surface area contributed by atoms with Gasteiger partial charge >= 0.3 is 0 Å². The van der Waals surface area contributed by atoms with Gasteiger partial charge in [0.2, 0.25) is 0 Å². The van der Waals surface area contributed by atoms with Gasteiger partial charge in [0.15, 0.2) is 0 Å². The van der Waals surface area contributed by atoms with Crippen LogP contribution in [-0.4, -0.2) is 142 Å². The molecule has 0 saturated carbocycles. The van der Waals surface area contributed by atoms with Crippen molar-refractivity contribution in [1.82, 2.24) is 39.9 Å². The highest BCUT2D eigenvalue weighted by atomic mass is 14.8. The molecule has 14 heterocycles. The molecule has 8 aliphatic heterocycles. The molecular formula is C104H76N16. The van der Waals surface area contributed by atoms with Gasteiger partial charge in [-0.3, -0.25) is 39.9 Å². The molecule has 0 aliphatic carbocycles. The molecule has 120 heavy (non-hydrogen) atoms. The summed E-state index contributed by atoms with van der Waals surface area (Å²) in [6.45, 7) is 3.64. The van der Waals surface area contributed by atoms with E-state index >= 15 is 0 Å². The molecule has 8 aromatic carbocycles. The van der Waals surface area contributed by atoms with Crippen LogP contribution in [0.5, 0.6) is 0 Å². The standard InChI is InChI=1S/C104H76N16/c1-9-65-49-73(17-1)97-81-25-27-83(113-81)98-74-18-2-11-67(50-74)59-107-43-45-109-62-70-14-6-22-78(54-70)102-91-35-33-89(117-91)101(76-20-4-10-66(52-76)58-106-42-41-105-57-65)90-34-36-92(118-90)103-79-23-7-15-71(55-79)63-110-46-44-108-60-68-12-3-19-75(51-68)99(84-28-26-82(97)114-84)86-30-32-88(116-86)100(87-31-29-85(98)115-87)77-21-5-13-69(53-77)61-111-47-48-112-64-72-16-8-24-80(56-72)104(95-39-37-93(102)119-95)96-40-38-94(103)120-96/h1-40,49-64,113,116-117,120H,41-48H2. The van der Waals surface area contributed by atoms with Crippen LogP contribution in [0.3, 0.4) is 0 Å². The monoisotopic (exact) mass is 1550 g/mol. The normalized spacial score (nSPS) is 14.0. The third kappa shape index (κ3) is 14.6. The Kier molecular flexibility index (Phi) is 19.1. The molecular weight excluding hydrogens is 1470 g/mol. The number of rotatable bonds is 0. The van der Waals surface area contributed by atoms with Crippen LogP contribution in [0.4, 0.5) is 0 Å². The molecule has 572 valence electrons. The van der Waals surface area contributed by atoms with E-state index in [1.807, 2.05) is 49.7 Å². The van der Waals surface area contributed by atoms with Gasteiger partial charge in [0.25, 0.3) is 0 Å². The molecule has 0 spiro atoms. The van der Waals surface area contributed by atoms with Gasteiger partial charge in [0, 0.05) is 138 Å². The molecule has 16 heteroatoms. The van der Waals surface area contributed by atoms with Gasteiger partial charge in [0.1, 0.15) is 0 Å². The lowest BCUT2D eigenvalue weighted by Gasteiger charge is -2.08. The molecule has 8 aliphatic rings. The third-order valence-corrected chi connectivity index (χ3v) is 22.3. The second-order valence-corrected chi connectivity index (χ2v) is 30.3. The fourth-order valence-electron chi connectivity index (χ4n) is 16.9. The van der Waals surface area contributed by atoms with E-state index in [0.29, 0.717) is 52.4 Å². The van der Waals surface area contributed by atoms with E-state index in [1.165, 1.54) is 0 Å². The maximum Gasteiger partial charge on any atom is 0.0737 e. The molecule has 22 rings (SSSR count). The van der Waals surface area contributed by atoms with E-state index in [-0.39, 0.29) is 0 Å². The van der Waals surface area contributed by atoms with Gasteiger partial charge in [-0.05, 0) is 235 Å². The number of benzene rings is 8. The van der Waals surface area contributed by atoms with Gasteiger partial charge < -0.3 is 19.9 Å². The van der Waals surface area contributed by atoms with Crippen molar-refractivity contribution < 1.29 is 0 Å². The van der Waals surface area contributed by atoms with E-state index < -0.39 is 0 Å². The van der Waals surface area contributed by atoms with Crippen molar-refractivity contribution in [1.29, 1.82) is 0 Å². The number of hydrogen-bond acceptors (Lipinski definition) is 12. The average molecular weight is 1550 g/mol. The van der Waals surface area contributed by atoms with Crippen LogP contribution in [-0.2, 0) is 0 Å². The summed E-state index contributed by atoms with van der Waals surface area (Å²) in [6, 6.07) is 85.6. The van der Waals surface area contributed by atoms with Crippen LogP contribution < -0.4 is 0 Å². The summed E-state index contributed by atoms with van der Waals surface area (Å²) in [5, 5.41) is 0.